The van der Waals surface area contributed by atoms with Crippen LogP contribution in [0.25, 0.3) is 0 Å². The first-order valence-electron chi connectivity index (χ1n) is 8.54. The number of halogens is 4. The van der Waals surface area contributed by atoms with Crippen LogP contribution in [0.5, 0.6) is 0 Å². The van der Waals surface area contributed by atoms with Gasteiger partial charge in [0.25, 0.3) is 0 Å². The van der Waals surface area contributed by atoms with Gasteiger partial charge in [0, 0.05) is 18.5 Å². The Hall–Kier alpha value is -2.04. The SMILES string of the molecule is Cc1cc(C(C)NC(=O)CCNS(=O)(=O)c2ccc(Cl)c(C(F)(F)F)c2)c(C)o1. The summed E-state index contributed by atoms with van der Waals surface area (Å²) in [6.45, 7) is 5.02. The highest BCUT2D eigenvalue weighted by molar-refractivity contribution is 7.89. The second-order valence-corrected chi connectivity index (χ2v) is 8.62. The van der Waals surface area contributed by atoms with Crippen LogP contribution in [0.15, 0.2) is 33.6 Å². The van der Waals surface area contributed by atoms with Gasteiger partial charge in [-0.1, -0.05) is 11.6 Å². The van der Waals surface area contributed by atoms with E-state index in [2.05, 4.69) is 10.0 Å². The molecule has 11 heteroatoms. The third-order valence-corrected chi connectivity index (χ3v) is 5.91. The average molecular weight is 453 g/mol. The van der Waals surface area contributed by atoms with Gasteiger partial charge < -0.3 is 9.73 Å². The maximum atomic E-state index is 12.9. The topological polar surface area (TPSA) is 88.4 Å². The Bertz CT molecular complexity index is 1000. The smallest absolute Gasteiger partial charge is 0.417 e. The lowest BCUT2D eigenvalue weighted by Gasteiger charge is -2.14. The number of hydrogen-bond donors (Lipinski definition) is 2. The van der Waals surface area contributed by atoms with E-state index in [0.29, 0.717) is 17.6 Å². The van der Waals surface area contributed by atoms with Crippen LogP contribution in [0.4, 0.5) is 13.2 Å². The van der Waals surface area contributed by atoms with Gasteiger partial charge in [0.2, 0.25) is 15.9 Å². The monoisotopic (exact) mass is 452 g/mol. The summed E-state index contributed by atoms with van der Waals surface area (Å²) in [5, 5.41) is 2.11. The van der Waals surface area contributed by atoms with Crippen LogP contribution in [0, 0.1) is 13.8 Å². The maximum absolute atomic E-state index is 12.9. The number of hydrogen-bond acceptors (Lipinski definition) is 4. The molecular formula is C18H20ClF3N2O4S. The van der Waals surface area contributed by atoms with Crippen molar-refractivity contribution in [2.45, 2.75) is 44.3 Å². The zero-order valence-electron chi connectivity index (χ0n) is 15.9. The van der Waals surface area contributed by atoms with Crippen molar-refractivity contribution in [1.82, 2.24) is 10.0 Å². The molecule has 0 spiro atoms. The van der Waals surface area contributed by atoms with Gasteiger partial charge in [-0.05, 0) is 45.0 Å². The molecule has 0 aliphatic rings. The molecule has 1 heterocycles. The van der Waals surface area contributed by atoms with E-state index in [9.17, 15) is 26.4 Å². The minimum absolute atomic E-state index is 0.195. The van der Waals surface area contributed by atoms with E-state index in [-0.39, 0.29) is 19.0 Å². The Morgan fingerprint density at radius 3 is 2.45 bits per heavy atom. The van der Waals surface area contributed by atoms with Crippen molar-refractivity contribution in [1.29, 1.82) is 0 Å². The molecule has 0 radical (unpaired) electrons. The number of alkyl halides is 3. The zero-order valence-corrected chi connectivity index (χ0v) is 17.4. The minimum atomic E-state index is -4.79. The molecule has 1 aromatic carbocycles. The molecule has 0 fully saturated rings. The van der Waals surface area contributed by atoms with E-state index in [1.807, 2.05) is 0 Å². The van der Waals surface area contributed by atoms with Crippen molar-refractivity contribution in [3.63, 3.8) is 0 Å². The summed E-state index contributed by atoms with van der Waals surface area (Å²) in [6, 6.07) is 3.73. The molecule has 1 atom stereocenters. The molecule has 2 N–H and O–H groups in total. The molecule has 0 bridgehead atoms. The first-order valence-corrected chi connectivity index (χ1v) is 10.4. The van der Waals surface area contributed by atoms with Crippen LogP contribution < -0.4 is 10.0 Å². The summed E-state index contributed by atoms with van der Waals surface area (Å²) < 4.78 is 70.7. The quantitative estimate of drug-likeness (QED) is 0.661. The fourth-order valence-electron chi connectivity index (χ4n) is 2.74. The number of aryl methyl sites for hydroxylation is 2. The van der Waals surface area contributed by atoms with Crippen molar-refractivity contribution in [3.8, 4) is 0 Å². The van der Waals surface area contributed by atoms with E-state index in [1.165, 1.54) is 0 Å². The normalized spacial score (nSPS) is 13.3. The summed E-state index contributed by atoms with van der Waals surface area (Å²) in [7, 11) is -4.24. The van der Waals surface area contributed by atoms with Crippen molar-refractivity contribution >= 4 is 27.5 Å². The zero-order chi connectivity index (χ0) is 22.0. The van der Waals surface area contributed by atoms with Gasteiger partial charge >= 0.3 is 6.18 Å². The Kier molecular flexibility index (Phi) is 7.02. The number of carbonyl (C=O) groups excluding carboxylic acids is 1. The van der Waals surface area contributed by atoms with Gasteiger partial charge in [0.15, 0.2) is 0 Å². The van der Waals surface area contributed by atoms with Gasteiger partial charge in [-0.15, -0.1) is 0 Å². The summed E-state index contributed by atoms with van der Waals surface area (Å²) >= 11 is 5.49. The van der Waals surface area contributed by atoms with Crippen molar-refractivity contribution in [2.75, 3.05) is 6.54 Å². The van der Waals surface area contributed by atoms with E-state index < -0.39 is 37.6 Å². The Balaban J connectivity index is 1.97. The molecule has 2 aromatic rings. The summed E-state index contributed by atoms with van der Waals surface area (Å²) in [5.41, 5.74) is -0.448. The number of benzene rings is 1. The third-order valence-electron chi connectivity index (χ3n) is 4.12. The van der Waals surface area contributed by atoms with Crippen LogP contribution in [-0.2, 0) is 21.0 Å². The number of rotatable bonds is 7. The highest BCUT2D eigenvalue weighted by Crippen LogP contribution is 2.35. The first kappa shape index (κ1) is 23.2. The highest BCUT2D eigenvalue weighted by atomic mass is 35.5. The number of furan rings is 1. The second kappa shape index (κ2) is 8.76. The molecule has 160 valence electrons. The molecule has 0 saturated carbocycles. The lowest BCUT2D eigenvalue weighted by Crippen LogP contribution is -2.32. The van der Waals surface area contributed by atoms with E-state index in [1.54, 1.807) is 26.8 Å². The molecule has 0 aliphatic heterocycles. The maximum Gasteiger partial charge on any atom is 0.417 e. The first-order chi connectivity index (χ1) is 13.3. The van der Waals surface area contributed by atoms with Crippen LogP contribution in [-0.4, -0.2) is 20.9 Å². The molecule has 29 heavy (non-hydrogen) atoms. The van der Waals surface area contributed by atoms with Crippen LogP contribution >= 0.6 is 11.6 Å². The van der Waals surface area contributed by atoms with E-state index in [0.717, 1.165) is 17.7 Å². The van der Waals surface area contributed by atoms with Gasteiger partial charge in [0.05, 0.1) is 21.5 Å². The van der Waals surface area contributed by atoms with Crippen molar-refractivity contribution in [2.24, 2.45) is 0 Å². The molecule has 2 rings (SSSR count). The van der Waals surface area contributed by atoms with Gasteiger partial charge in [-0.3, -0.25) is 4.79 Å². The molecular weight excluding hydrogens is 433 g/mol. The molecule has 0 saturated heterocycles. The lowest BCUT2D eigenvalue weighted by molar-refractivity contribution is -0.137. The van der Waals surface area contributed by atoms with Crippen molar-refractivity contribution < 1.29 is 30.8 Å². The van der Waals surface area contributed by atoms with E-state index in [4.69, 9.17) is 16.0 Å². The minimum Gasteiger partial charge on any atom is -0.466 e. The number of sulfonamides is 1. The molecule has 0 aliphatic carbocycles. The highest BCUT2D eigenvalue weighted by Gasteiger charge is 2.34. The molecule has 1 unspecified atom stereocenters. The average Bonchev–Trinajstić information content (AvgIpc) is 2.92. The Morgan fingerprint density at radius 1 is 1.24 bits per heavy atom. The standard InChI is InChI=1S/C18H20ClF3N2O4S/c1-10-8-14(12(3)28-10)11(2)24-17(25)6-7-23-29(26,27)13-4-5-16(19)15(9-13)18(20,21)22/h4-5,8-9,11,23H,6-7H2,1-3H3,(H,24,25). The summed E-state index contributed by atoms with van der Waals surface area (Å²) in [6.07, 6.45) is -4.98. The summed E-state index contributed by atoms with van der Waals surface area (Å²) in [5.74, 6) is 0.942. The fourth-order valence-corrected chi connectivity index (χ4v) is 4.03. The largest absolute Gasteiger partial charge is 0.466 e. The Morgan fingerprint density at radius 2 is 1.90 bits per heavy atom. The van der Waals surface area contributed by atoms with Crippen LogP contribution in [0.1, 0.15) is 42.0 Å². The second-order valence-electron chi connectivity index (χ2n) is 6.44. The van der Waals surface area contributed by atoms with E-state index >= 15 is 0 Å². The molecule has 1 amide bonds. The van der Waals surface area contributed by atoms with Crippen LogP contribution in [0.2, 0.25) is 5.02 Å². The predicted molar refractivity (Wildman–Crippen MR) is 101 cm³/mol. The number of amides is 1. The lowest BCUT2D eigenvalue weighted by atomic mass is 10.1. The summed E-state index contributed by atoms with van der Waals surface area (Å²) in [4.78, 5) is 11.5. The van der Waals surface area contributed by atoms with Gasteiger partial charge in [-0.25, -0.2) is 13.1 Å². The van der Waals surface area contributed by atoms with Crippen LogP contribution in [0.3, 0.4) is 0 Å². The molecule has 6 nitrogen and oxygen atoms in total. The number of nitrogens with one attached hydrogen (secondary N) is 2. The third kappa shape index (κ3) is 5.97. The van der Waals surface area contributed by atoms with Gasteiger partial charge in [-0.2, -0.15) is 13.2 Å². The molecule has 1 aromatic heterocycles. The van der Waals surface area contributed by atoms with Crippen molar-refractivity contribution in [3.05, 3.63) is 51.9 Å². The predicted octanol–water partition coefficient (Wildman–Crippen LogP) is 4.11. The number of carbonyl (C=O) groups is 1. The Labute approximate surface area is 171 Å². The fraction of sp³-hybridized carbons (Fsp3) is 0.389. The van der Waals surface area contributed by atoms with Gasteiger partial charge in [0.1, 0.15) is 11.5 Å².